The predicted molar refractivity (Wildman–Crippen MR) is 76.3 cm³/mol. The molecular formula is C15H16N2O3. The molecule has 0 saturated heterocycles. The summed E-state index contributed by atoms with van der Waals surface area (Å²) in [6.07, 6.45) is 3.03. The van der Waals surface area contributed by atoms with Crippen LogP contribution in [0.3, 0.4) is 0 Å². The van der Waals surface area contributed by atoms with Crippen molar-refractivity contribution in [1.29, 1.82) is 5.26 Å². The van der Waals surface area contributed by atoms with E-state index < -0.39 is 5.91 Å². The summed E-state index contributed by atoms with van der Waals surface area (Å²) in [6.45, 7) is 3.81. The van der Waals surface area contributed by atoms with Crippen LogP contribution in [-0.2, 0) is 4.79 Å². The van der Waals surface area contributed by atoms with Crippen molar-refractivity contribution in [3.05, 3.63) is 42.0 Å². The molecule has 104 valence electrons. The molecule has 1 aromatic rings. The molecule has 0 spiro atoms. The molecule has 0 heterocycles. The van der Waals surface area contributed by atoms with Gasteiger partial charge in [0.2, 0.25) is 0 Å². The molecule has 1 aromatic carbocycles. The summed E-state index contributed by atoms with van der Waals surface area (Å²) in [5, 5.41) is 11.6. The third-order valence-electron chi connectivity index (χ3n) is 2.49. The Morgan fingerprint density at radius 2 is 2.10 bits per heavy atom. The van der Waals surface area contributed by atoms with Crippen LogP contribution < -0.4 is 14.8 Å². The van der Waals surface area contributed by atoms with Gasteiger partial charge in [0.05, 0.1) is 14.2 Å². The van der Waals surface area contributed by atoms with Gasteiger partial charge in [-0.3, -0.25) is 4.79 Å². The Bertz CT molecular complexity index is 571. The number of nitrogens with zero attached hydrogens (tertiary/aromatic N) is 1. The molecule has 0 unspecified atom stereocenters. The Morgan fingerprint density at radius 3 is 2.65 bits per heavy atom. The van der Waals surface area contributed by atoms with Gasteiger partial charge in [0.1, 0.15) is 11.6 Å². The van der Waals surface area contributed by atoms with Crippen LogP contribution in [-0.4, -0.2) is 26.7 Å². The highest BCUT2D eigenvalue weighted by Crippen LogP contribution is 2.28. The predicted octanol–water partition coefficient (Wildman–Crippen LogP) is 1.91. The van der Waals surface area contributed by atoms with Gasteiger partial charge in [0, 0.05) is 6.54 Å². The summed E-state index contributed by atoms with van der Waals surface area (Å²) >= 11 is 0. The van der Waals surface area contributed by atoms with Crippen molar-refractivity contribution >= 4 is 12.0 Å². The molecule has 5 heteroatoms. The largest absolute Gasteiger partial charge is 0.493 e. The molecule has 0 saturated carbocycles. The van der Waals surface area contributed by atoms with Crippen LogP contribution in [0.15, 0.2) is 36.4 Å². The van der Waals surface area contributed by atoms with E-state index in [0.29, 0.717) is 23.6 Å². The zero-order valence-electron chi connectivity index (χ0n) is 11.5. The zero-order valence-corrected chi connectivity index (χ0v) is 11.5. The number of nitrogens with one attached hydrogen (secondary N) is 1. The van der Waals surface area contributed by atoms with Gasteiger partial charge in [-0.2, -0.15) is 5.26 Å². The fraction of sp³-hybridized carbons (Fsp3) is 0.200. The first-order valence-corrected chi connectivity index (χ1v) is 5.89. The first-order valence-electron chi connectivity index (χ1n) is 5.89. The molecule has 5 nitrogen and oxygen atoms in total. The van der Waals surface area contributed by atoms with Crippen molar-refractivity contribution < 1.29 is 14.3 Å². The first-order chi connectivity index (χ1) is 9.65. The average molecular weight is 272 g/mol. The fourth-order valence-corrected chi connectivity index (χ4v) is 1.52. The van der Waals surface area contributed by atoms with E-state index in [1.807, 2.05) is 6.07 Å². The number of amides is 1. The van der Waals surface area contributed by atoms with E-state index in [4.69, 9.17) is 14.7 Å². The number of rotatable bonds is 6. The smallest absolute Gasteiger partial charge is 0.262 e. The molecule has 20 heavy (non-hydrogen) atoms. The number of hydrogen-bond donors (Lipinski definition) is 1. The lowest BCUT2D eigenvalue weighted by molar-refractivity contribution is -0.116. The topological polar surface area (TPSA) is 71.4 Å². The number of benzene rings is 1. The molecule has 1 N–H and O–H groups in total. The molecule has 1 amide bonds. The lowest BCUT2D eigenvalue weighted by atomic mass is 10.1. The Kier molecular flexibility index (Phi) is 5.85. The van der Waals surface area contributed by atoms with Gasteiger partial charge in [-0.1, -0.05) is 12.1 Å². The molecule has 0 bridgehead atoms. The van der Waals surface area contributed by atoms with Gasteiger partial charge in [-0.05, 0) is 23.8 Å². The third kappa shape index (κ3) is 3.89. The van der Waals surface area contributed by atoms with Crippen LogP contribution >= 0.6 is 0 Å². The molecule has 0 aliphatic rings. The Hall–Kier alpha value is -2.74. The normalized spacial score (nSPS) is 10.3. The van der Waals surface area contributed by atoms with Crippen molar-refractivity contribution in [2.24, 2.45) is 0 Å². The van der Waals surface area contributed by atoms with Crippen LogP contribution in [0.5, 0.6) is 11.5 Å². The summed E-state index contributed by atoms with van der Waals surface area (Å²) in [5.41, 5.74) is 0.687. The molecule has 0 radical (unpaired) electrons. The van der Waals surface area contributed by atoms with Gasteiger partial charge in [-0.25, -0.2) is 0 Å². The summed E-state index contributed by atoms with van der Waals surface area (Å²) in [5.74, 6) is 0.673. The summed E-state index contributed by atoms with van der Waals surface area (Å²) < 4.78 is 10.3. The van der Waals surface area contributed by atoms with E-state index in [0.717, 1.165) is 0 Å². The van der Waals surface area contributed by atoms with Crippen LogP contribution in [0.2, 0.25) is 0 Å². The number of methoxy groups -OCH3 is 2. The summed E-state index contributed by atoms with van der Waals surface area (Å²) in [7, 11) is 3.06. The van der Waals surface area contributed by atoms with E-state index in [-0.39, 0.29) is 5.57 Å². The van der Waals surface area contributed by atoms with Crippen LogP contribution in [0.4, 0.5) is 0 Å². The van der Waals surface area contributed by atoms with Crippen molar-refractivity contribution in [2.75, 3.05) is 20.8 Å². The van der Waals surface area contributed by atoms with Crippen LogP contribution in [0.25, 0.3) is 6.08 Å². The highest BCUT2D eigenvalue weighted by Gasteiger charge is 2.09. The Labute approximate surface area is 118 Å². The van der Waals surface area contributed by atoms with Gasteiger partial charge in [0.15, 0.2) is 11.5 Å². The van der Waals surface area contributed by atoms with Gasteiger partial charge in [-0.15, -0.1) is 6.58 Å². The second kappa shape index (κ2) is 7.64. The average Bonchev–Trinajstić information content (AvgIpc) is 2.49. The Morgan fingerprint density at radius 1 is 1.40 bits per heavy atom. The number of carbonyl (C=O) groups is 1. The molecule has 0 aromatic heterocycles. The second-order valence-electron chi connectivity index (χ2n) is 3.78. The van der Waals surface area contributed by atoms with Crippen molar-refractivity contribution in [3.63, 3.8) is 0 Å². The number of hydrogen-bond acceptors (Lipinski definition) is 4. The van der Waals surface area contributed by atoms with Gasteiger partial charge >= 0.3 is 0 Å². The molecule has 0 aliphatic heterocycles. The van der Waals surface area contributed by atoms with Crippen molar-refractivity contribution in [2.45, 2.75) is 0 Å². The highest BCUT2D eigenvalue weighted by atomic mass is 16.5. The quantitative estimate of drug-likeness (QED) is 0.488. The van der Waals surface area contributed by atoms with Crippen molar-refractivity contribution in [1.82, 2.24) is 5.32 Å². The number of nitriles is 1. The molecule has 1 rings (SSSR count). The van der Waals surface area contributed by atoms with E-state index in [1.165, 1.54) is 20.3 Å². The van der Waals surface area contributed by atoms with E-state index in [2.05, 4.69) is 11.9 Å². The highest BCUT2D eigenvalue weighted by molar-refractivity contribution is 6.01. The maximum Gasteiger partial charge on any atom is 0.262 e. The number of carbonyl (C=O) groups excluding carboxylic acids is 1. The minimum atomic E-state index is -0.442. The summed E-state index contributed by atoms with van der Waals surface area (Å²) in [4.78, 5) is 11.7. The molecule has 0 fully saturated rings. The minimum Gasteiger partial charge on any atom is -0.493 e. The minimum absolute atomic E-state index is 0.0130. The van der Waals surface area contributed by atoms with E-state index >= 15 is 0 Å². The van der Waals surface area contributed by atoms with Crippen LogP contribution in [0, 0.1) is 11.3 Å². The van der Waals surface area contributed by atoms with Crippen LogP contribution in [0.1, 0.15) is 5.56 Å². The lowest BCUT2D eigenvalue weighted by Crippen LogP contribution is -2.24. The van der Waals surface area contributed by atoms with Gasteiger partial charge in [0.25, 0.3) is 5.91 Å². The monoisotopic (exact) mass is 272 g/mol. The molecule has 0 atom stereocenters. The SMILES string of the molecule is C=CCNC(=O)C(C#N)=Cc1ccc(OC)c(OC)c1. The third-order valence-corrected chi connectivity index (χ3v) is 2.49. The van der Waals surface area contributed by atoms with E-state index in [1.54, 1.807) is 24.3 Å². The fourth-order valence-electron chi connectivity index (χ4n) is 1.52. The second-order valence-corrected chi connectivity index (χ2v) is 3.78. The standard InChI is InChI=1S/C15H16N2O3/c1-4-7-17-15(18)12(10-16)8-11-5-6-13(19-2)14(9-11)20-3/h4-6,8-9H,1,7H2,2-3H3,(H,17,18). The maximum absolute atomic E-state index is 11.7. The maximum atomic E-state index is 11.7. The molecule has 0 aliphatic carbocycles. The first kappa shape index (κ1) is 15.3. The zero-order chi connectivity index (χ0) is 15.0. The van der Waals surface area contributed by atoms with Gasteiger partial charge < -0.3 is 14.8 Å². The summed E-state index contributed by atoms with van der Waals surface area (Å²) in [6, 6.07) is 7.00. The molecular weight excluding hydrogens is 256 g/mol. The lowest BCUT2D eigenvalue weighted by Gasteiger charge is -2.08. The van der Waals surface area contributed by atoms with Crippen molar-refractivity contribution in [3.8, 4) is 17.6 Å². The Balaban J connectivity index is 3.04. The number of ether oxygens (including phenoxy) is 2. The van der Waals surface area contributed by atoms with E-state index in [9.17, 15) is 4.79 Å².